The zero-order valence-electron chi connectivity index (χ0n) is 19.9. The number of benzene rings is 1. The minimum Gasteiger partial charge on any atom is -0.351 e. The van der Waals surface area contributed by atoms with Crippen molar-refractivity contribution in [1.82, 2.24) is 25.0 Å². The third-order valence-electron chi connectivity index (χ3n) is 7.63. The number of carbonyl (C=O) groups excluding carboxylic acids is 3. The number of fused-ring (bicyclic) bond motifs is 2. The third kappa shape index (κ3) is 4.25. The van der Waals surface area contributed by atoms with Crippen LogP contribution in [0.1, 0.15) is 53.7 Å². The predicted molar refractivity (Wildman–Crippen MR) is 125 cm³/mol. The fourth-order valence-electron chi connectivity index (χ4n) is 5.61. The number of rotatable bonds is 6. The number of likely N-dealkylation sites (tertiary alicyclic amines) is 1. The SMILES string of the molecule is CC(=O)c1nn(CC(=O)N2[C@@H]3C[C@@H]3C[C@H]2C(=O)N[C@H]2C[C@H]2c2cccc(C(F)(F)F)c2)c2cnccc12. The van der Waals surface area contributed by atoms with E-state index in [4.69, 9.17) is 0 Å². The first-order valence-corrected chi connectivity index (χ1v) is 12.2. The molecule has 8 nitrogen and oxygen atoms in total. The Kier molecular flexibility index (Phi) is 5.36. The average molecular weight is 512 g/mol. The molecule has 2 amide bonds. The number of hydrogen-bond donors (Lipinski definition) is 1. The Labute approximate surface area is 209 Å². The van der Waals surface area contributed by atoms with Crippen LogP contribution in [0.4, 0.5) is 13.2 Å². The fraction of sp³-hybridized carbons (Fsp3) is 0.423. The smallest absolute Gasteiger partial charge is 0.351 e. The monoisotopic (exact) mass is 511 g/mol. The van der Waals surface area contributed by atoms with E-state index in [1.165, 1.54) is 17.7 Å². The second-order valence-corrected chi connectivity index (χ2v) is 10.2. The summed E-state index contributed by atoms with van der Waals surface area (Å²) in [4.78, 5) is 44.3. The van der Waals surface area contributed by atoms with Crippen LogP contribution in [0.2, 0.25) is 0 Å². The number of ketones is 1. The Bertz CT molecular complexity index is 1430. The van der Waals surface area contributed by atoms with Crippen molar-refractivity contribution in [2.24, 2.45) is 5.92 Å². The van der Waals surface area contributed by atoms with Crippen molar-refractivity contribution in [2.75, 3.05) is 0 Å². The molecule has 3 heterocycles. The van der Waals surface area contributed by atoms with Crippen molar-refractivity contribution < 1.29 is 27.6 Å². The van der Waals surface area contributed by atoms with Crippen LogP contribution in [0.25, 0.3) is 10.9 Å². The summed E-state index contributed by atoms with van der Waals surface area (Å²) in [6.45, 7) is 1.28. The molecular formula is C26H24F3N5O3. The molecule has 6 rings (SSSR count). The van der Waals surface area contributed by atoms with Gasteiger partial charge in [-0.3, -0.25) is 24.0 Å². The predicted octanol–water partition coefficient (Wildman–Crippen LogP) is 3.31. The van der Waals surface area contributed by atoms with E-state index in [-0.39, 0.29) is 53.8 Å². The normalized spacial score (nSPS) is 26.2. The van der Waals surface area contributed by atoms with Gasteiger partial charge in [-0.05, 0) is 42.9 Å². The van der Waals surface area contributed by atoms with Gasteiger partial charge < -0.3 is 10.2 Å². The van der Waals surface area contributed by atoms with Gasteiger partial charge in [0.1, 0.15) is 18.3 Å². The van der Waals surface area contributed by atoms with Crippen molar-refractivity contribution in [2.45, 2.75) is 63.0 Å². The molecule has 0 bridgehead atoms. The number of amides is 2. The zero-order valence-corrected chi connectivity index (χ0v) is 19.9. The molecule has 0 spiro atoms. The summed E-state index contributed by atoms with van der Waals surface area (Å²) in [7, 11) is 0. The molecule has 0 radical (unpaired) electrons. The van der Waals surface area contributed by atoms with E-state index in [2.05, 4.69) is 15.4 Å². The van der Waals surface area contributed by atoms with Crippen molar-refractivity contribution in [3.63, 3.8) is 0 Å². The Balaban J connectivity index is 1.15. The fourth-order valence-corrected chi connectivity index (χ4v) is 5.61. The quantitative estimate of drug-likeness (QED) is 0.513. The molecule has 37 heavy (non-hydrogen) atoms. The van der Waals surface area contributed by atoms with Gasteiger partial charge in [-0.25, -0.2) is 0 Å². The van der Waals surface area contributed by atoms with Gasteiger partial charge >= 0.3 is 6.18 Å². The van der Waals surface area contributed by atoms with E-state index < -0.39 is 17.8 Å². The van der Waals surface area contributed by atoms with E-state index in [1.54, 1.807) is 29.4 Å². The molecule has 1 aromatic carbocycles. The van der Waals surface area contributed by atoms with Crippen LogP contribution in [0.15, 0.2) is 42.7 Å². The minimum atomic E-state index is -4.42. The second-order valence-electron chi connectivity index (χ2n) is 10.2. The number of halogens is 3. The topological polar surface area (TPSA) is 97.2 Å². The number of carbonyl (C=O) groups is 3. The molecule has 2 aliphatic carbocycles. The number of piperidine rings is 1. The molecule has 3 aliphatic rings. The lowest BCUT2D eigenvalue weighted by molar-refractivity contribution is -0.140. The number of hydrogen-bond acceptors (Lipinski definition) is 5. The van der Waals surface area contributed by atoms with Gasteiger partial charge in [0.15, 0.2) is 5.78 Å². The summed E-state index contributed by atoms with van der Waals surface area (Å²) in [6, 6.07) is 5.98. The first-order valence-electron chi connectivity index (χ1n) is 12.2. The number of pyridine rings is 1. The number of alkyl halides is 3. The summed E-state index contributed by atoms with van der Waals surface area (Å²) in [6.07, 6.45) is 0.645. The Morgan fingerprint density at radius 3 is 2.70 bits per heavy atom. The number of nitrogens with one attached hydrogen (secondary N) is 1. The number of aromatic nitrogens is 3. The molecule has 3 fully saturated rings. The zero-order chi connectivity index (χ0) is 26.1. The summed E-state index contributed by atoms with van der Waals surface area (Å²) < 4.78 is 40.7. The van der Waals surface area contributed by atoms with E-state index in [0.29, 0.717) is 29.3 Å². The first-order chi connectivity index (χ1) is 17.6. The molecule has 2 saturated carbocycles. The van der Waals surface area contributed by atoms with Gasteiger partial charge in [0.05, 0.1) is 17.3 Å². The minimum absolute atomic E-state index is 0.00561. The molecule has 192 valence electrons. The lowest BCUT2D eigenvalue weighted by atomic mass is 10.1. The van der Waals surface area contributed by atoms with Crippen LogP contribution in [0, 0.1) is 5.92 Å². The van der Waals surface area contributed by atoms with Gasteiger partial charge in [-0.1, -0.05) is 18.2 Å². The van der Waals surface area contributed by atoms with Crippen LogP contribution in [0.3, 0.4) is 0 Å². The summed E-state index contributed by atoms with van der Waals surface area (Å²) in [5.41, 5.74) is 0.668. The Morgan fingerprint density at radius 1 is 1.14 bits per heavy atom. The van der Waals surface area contributed by atoms with Crippen LogP contribution in [-0.4, -0.2) is 55.4 Å². The van der Waals surface area contributed by atoms with Gasteiger partial charge in [0.25, 0.3) is 0 Å². The maximum Gasteiger partial charge on any atom is 0.416 e. The molecule has 3 aromatic rings. The Morgan fingerprint density at radius 2 is 1.95 bits per heavy atom. The second kappa shape index (κ2) is 8.39. The maximum absolute atomic E-state index is 13.4. The van der Waals surface area contributed by atoms with Gasteiger partial charge in [0, 0.05) is 36.5 Å². The summed E-state index contributed by atoms with van der Waals surface area (Å²) in [5, 5.41) is 7.90. The highest BCUT2D eigenvalue weighted by molar-refractivity contribution is 6.04. The summed E-state index contributed by atoms with van der Waals surface area (Å²) >= 11 is 0. The molecular weight excluding hydrogens is 487 g/mol. The summed E-state index contributed by atoms with van der Waals surface area (Å²) in [5.74, 6) is -0.681. The Hall–Kier alpha value is -3.76. The van der Waals surface area contributed by atoms with E-state index in [0.717, 1.165) is 18.6 Å². The van der Waals surface area contributed by atoms with Crippen LogP contribution in [-0.2, 0) is 22.3 Å². The highest BCUT2D eigenvalue weighted by atomic mass is 19.4. The van der Waals surface area contributed by atoms with Crippen LogP contribution < -0.4 is 5.32 Å². The molecule has 1 aliphatic heterocycles. The third-order valence-corrected chi connectivity index (χ3v) is 7.63. The van der Waals surface area contributed by atoms with Crippen molar-refractivity contribution >= 4 is 28.5 Å². The molecule has 11 heteroatoms. The van der Waals surface area contributed by atoms with E-state index >= 15 is 0 Å². The largest absolute Gasteiger partial charge is 0.416 e. The van der Waals surface area contributed by atoms with E-state index in [1.807, 2.05) is 0 Å². The standard InChI is InChI=1S/C26H24F3N5O3/c1-13(35)24-17-5-6-30-11-22(17)33(32-24)12-23(36)34-20-8-15(20)9-21(34)25(37)31-19-10-18(19)14-3-2-4-16(7-14)26(27,28)29/h2-7,11,15,18-21H,8-10,12H2,1H3,(H,31,37)/t15-,18+,19+,20-,21+/m1/s1. The lowest BCUT2D eigenvalue weighted by Gasteiger charge is -2.27. The highest BCUT2D eigenvalue weighted by Crippen LogP contribution is 2.49. The van der Waals surface area contributed by atoms with Crippen molar-refractivity contribution in [3.8, 4) is 0 Å². The molecule has 5 atom stereocenters. The maximum atomic E-state index is 13.4. The highest BCUT2D eigenvalue weighted by Gasteiger charge is 2.56. The van der Waals surface area contributed by atoms with Gasteiger partial charge in [0.2, 0.25) is 11.8 Å². The van der Waals surface area contributed by atoms with E-state index in [9.17, 15) is 27.6 Å². The van der Waals surface area contributed by atoms with Crippen molar-refractivity contribution in [1.29, 1.82) is 0 Å². The number of nitrogens with zero attached hydrogens (tertiary/aromatic N) is 4. The van der Waals surface area contributed by atoms with Gasteiger partial charge in [-0.15, -0.1) is 0 Å². The molecule has 1 saturated heterocycles. The molecule has 0 unspecified atom stereocenters. The first kappa shape index (κ1) is 23.6. The number of Topliss-reactive ketones (excluding diaryl/α,β-unsaturated/α-hetero) is 1. The molecule has 1 N–H and O–H groups in total. The van der Waals surface area contributed by atoms with Crippen molar-refractivity contribution in [3.05, 3.63) is 59.5 Å². The lowest BCUT2D eigenvalue weighted by Crippen LogP contribution is -2.49. The average Bonchev–Trinajstić information content (AvgIpc) is 3.74. The van der Waals surface area contributed by atoms with Crippen LogP contribution >= 0.6 is 0 Å². The van der Waals surface area contributed by atoms with Gasteiger partial charge in [-0.2, -0.15) is 18.3 Å². The molecule has 2 aromatic heterocycles. The van der Waals surface area contributed by atoms with Crippen LogP contribution in [0.5, 0.6) is 0 Å².